The molecule has 4 aromatic heterocycles. The Morgan fingerprint density at radius 1 is 0.354 bits per heavy atom. The lowest BCUT2D eigenvalue weighted by Crippen LogP contribution is -2.45. The fourth-order valence-corrected chi connectivity index (χ4v) is 18.1. The maximum atomic E-state index is 14.3. The summed E-state index contributed by atoms with van der Waals surface area (Å²) >= 11 is 0. The van der Waals surface area contributed by atoms with Crippen molar-refractivity contribution in [2.45, 2.75) is 141 Å². The van der Waals surface area contributed by atoms with Gasteiger partial charge in [-0.25, -0.2) is 37.5 Å². The molecule has 4 aliphatic rings. The Morgan fingerprint density at radius 3 is 0.977 bits per heavy atom. The number of piperazine rings is 3. The first-order valence-electron chi connectivity index (χ1n) is 46.5. The Bertz CT molecular complexity index is 5720. The van der Waals surface area contributed by atoms with Crippen LogP contribution in [0, 0.1) is 112 Å². The fourth-order valence-electron chi connectivity index (χ4n) is 18.1. The number of aromatic nitrogens is 8. The van der Waals surface area contributed by atoms with E-state index in [1.54, 1.807) is 13.8 Å². The monoisotopic (exact) mass is 1790 g/mol. The number of benzene rings is 8. The molecule has 12 aromatic rings. The predicted octanol–water partition coefficient (Wildman–Crippen LogP) is 14.7. The number of aryl methyl sites for hydroxylation is 12. The molecule has 4 fully saturated rings. The minimum Gasteiger partial charge on any atom is -0.491 e. The number of ether oxygens (including phenoxy) is 4. The van der Waals surface area contributed by atoms with Crippen LogP contribution in [0.5, 0.6) is 23.0 Å². The summed E-state index contributed by atoms with van der Waals surface area (Å²) in [5.41, 5.74) is 44.1. The molecule has 3 saturated heterocycles. The molecule has 1 saturated carbocycles. The summed E-state index contributed by atoms with van der Waals surface area (Å²) in [6.45, 7) is 45.6. The highest BCUT2D eigenvalue weighted by atomic mass is 19.1. The van der Waals surface area contributed by atoms with Crippen LogP contribution in [-0.2, 0) is 26.2 Å². The molecule has 12 N–H and O–H groups in total. The number of nitrogens with one attached hydrogen (secondary N) is 4. The second kappa shape index (κ2) is 45.5. The molecule has 0 radical (unpaired) electrons. The van der Waals surface area contributed by atoms with E-state index in [0.29, 0.717) is 154 Å². The molecule has 8 aromatic carbocycles. The van der Waals surface area contributed by atoms with Gasteiger partial charge in [0.25, 0.3) is 0 Å². The molecule has 0 atom stereocenters. The smallest absolute Gasteiger partial charge is 0.207 e. The van der Waals surface area contributed by atoms with Crippen molar-refractivity contribution in [1.82, 2.24) is 63.1 Å². The van der Waals surface area contributed by atoms with Crippen LogP contribution in [0.25, 0.3) is 44.1 Å². The van der Waals surface area contributed by atoms with Crippen molar-refractivity contribution in [3.8, 4) is 23.0 Å². The molecule has 130 heavy (non-hydrogen) atoms. The standard InChI is InChI=1S/C28H39FN6O.C26H37FN6O.C26H35FN4O.C21H28FN5O/c1-20-15-24-27(25(16-20)36-14-13-33-11-9-32(4)10-12-33)31-28(34-7-5-30-6-8-34)35(24)19-23-17-21(2)26(29)22(3)18-23;1-18-13-22-25(23(14-18)34-12-11-32-9-7-31(4)8-10-32)30-26(29-6-5-28)33(22)17-21-15-19(2)24(27)20(3)16-21;1-17-11-22-25(23(12-17)32-16-20-7-5-4-6-8-20)30-26(29-10-9-28)31(22)15-21-13-18(2)24(27)19(3)14-21;1-13-8-17-20(18(9-13)28-7-5-24)26-21(25-6-4-23)27(17)12-16-10-14(2)19(22)15(3)11-16/h15-18,30H,5-14,19H2,1-4H3;13-16H,5-12,17,28H2,1-4H3,(H,29,30);11-14,20H,4-10,15-16,28H2,1-3H3,(H,29,30);8-11H,4-7,12,23-24H2,1-3H3,(H,25,26). The van der Waals surface area contributed by atoms with Gasteiger partial charge >= 0.3 is 0 Å². The van der Waals surface area contributed by atoms with E-state index >= 15 is 0 Å². The third kappa shape index (κ3) is 24.6. The highest BCUT2D eigenvalue weighted by molar-refractivity contribution is 5.89. The molecule has 1 aliphatic carbocycles. The minimum absolute atomic E-state index is 0.122. The molecule has 7 heterocycles. The number of nitrogens with zero attached hydrogens (tertiary/aromatic N) is 13. The van der Waals surface area contributed by atoms with Crippen LogP contribution >= 0.6 is 0 Å². The van der Waals surface area contributed by atoms with Gasteiger partial charge in [-0.05, 0) is 253 Å². The summed E-state index contributed by atoms with van der Waals surface area (Å²) in [6.07, 6.45) is 6.44. The summed E-state index contributed by atoms with van der Waals surface area (Å²) in [4.78, 5) is 31.7. The number of hydrogen-bond acceptors (Lipinski definition) is 21. The topological polar surface area (TPSA) is 277 Å². The highest BCUT2D eigenvalue weighted by Crippen LogP contribution is 2.38. The van der Waals surface area contributed by atoms with Crippen molar-refractivity contribution < 1.29 is 36.5 Å². The molecule has 0 spiro atoms. The molecule has 700 valence electrons. The summed E-state index contributed by atoms with van der Waals surface area (Å²) in [5.74, 6) is 6.43. The van der Waals surface area contributed by atoms with Gasteiger partial charge in [0, 0.05) is 137 Å². The number of imidazole rings is 4. The zero-order valence-corrected chi connectivity index (χ0v) is 79.1. The molecule has 29 heteroatoms. The van der Waals surface area contributed by atoms with Gasteiger partial charge in [0.2, 0.25) is 23.8 Å². The van der Waals surface area contributed by atoms with Crippen LogP contribution < -0.4 is 68.0 Å². The van der Waals surface area contributed by atoms with Crippen molar-refractivity contribution >= 4 is 67.9 Å². The summed E-state index contributed by atoms with van der Waals surface area (Å²) < 4.78 is 90.2. The van der Waals surface area contributed by atoms with Crippen LogP contribution in [0.4, 0.5) is 41.4 Å². The maximum absolute atomic E-state index is 14.3. The van der Waals surface area contributed by atoms with Gasteiger partial charge in [-0.1, -0.05) is 67.8 Å². The molecule has 0 unspecified atom stereocenters. The van der Waals surface area contributed by atoms with E-state index in [4.69, 9.17) is 61.8 Å². The molecular formula is C101H139F4N21O4. The summed E-state index contributed by atoms with van der Waals surface area (Å²) in [5, 5.41) is 13.4. The first-order chi connectivity index (χ1) is 62.6. The molecule has 3 aliphatic heterocycles. The number of rotatable bonds is 32. The summed E-state index contributed by atoms with van der Waals surface area (Å²) in [7, 11) is 4.34. The Labute approximate surface area is 764 Å². The predicted molar refractivity (Wildman–Crippen MR) is 521 cm³/mol. The SMILES string of the molecule is Cc1cc(OCC2CCCCC2)c2nc(NCCN)n(Cc3cc(C)c(F)c(C)c3)c2c1.Cc1cc(OCCN)c2nc(NCCN)n(Cc3cc(C)c(F)c(C)c3)c2c1.Cc1cc(OCCN2CCN(C)CC2)c2nc(N3CCNCC3)n(Cc3cc(C)c(F)c(C)c3)c2c1.Cc1cc(OCCN2CCN(C)CC2)c2nc(NCCN)n(Cc3cc(C)c(F)c(C)c3)c2c1. The van der Waals surface area contributed by atoms with E-state index in [1.165, 1.54) is 32.1 Å². The second-order valence-corrected chi connectivity index (χ2v) is 36.1. The minimum atomic E-state index is -0.158. The first-order valence-corrected chi connectivity index (χ1v) is 46.5. The van der Waals surface area contributed by atoms with Crippen molar-refractivity contribution in [2.24, 2.45) is 28.9 Å². The van der Waals surface area contributed by atoms with Gasteiger partial charge in [-0.3, -0.25) is 9.80 Å². The average Bonchev–Trinajstić information content (AvgIpc) is 1.64. The van der Waals surface area contributed by atoms with Crippen LogP contribution in [0.15, 0.2) is 97.1 Å². The first kappa shape index (κ1) is 96.9. The average molecular weight is 1790 g/mol. The number of fused-ring (bicyclic) bond motifs is 4. The lowest BCUT2D eigenvalue weighted by atomic mass is 9.90. The van der Waals surface area contributed by atoms with Crippen LogP contribution in [0.2, 0.25) is 0 Å². The van der Waals surface area contributed by atoms with E-state index in [1.807, 2.05) is 103 Å². The van der Waals surface area contributed by atoms with E-state index in [0.717, 1.165) is 222 Å². The lowest BCUT2D eigenvalue weighted by Gasteiger charge is -2.32. The van der Waals surface area contributed by atoms with E-state index in [9.17, 15) is 17.6 Å². The molecule has 0 bridgehead atoms. The normalized spacial score (nSPS) is 15.0. The summed E-state index contributed by atoms with van der Waals surface area (Å²) in [6, 6.07) is 32.1. The zero-order valence-electron chi connectivity index (χ0n) is 79.1. The van der Waals surface area contributed by atoms with E-state index < -0.39 is 0 Å². The van der Waals surface area contributed by atoms with Gasteiger partial charge in [0.1, 0.15) is 88.2 Å². The Morgan fingerprint density at radius 2 is 0.654 bits per heavy atom. The third-order valence-electron chi connectivity index (χ3n) is 25.0. The second-order valence-electron chi connectivity index (χ2n) is 36.1. The highest BCUT2D eigenvalue weighted by Gasteiger charge is 2.27. The Kier molecular flexibility index (Phi) is 33.9. The number of anilines is 4. The van der Waals surface area contributed by atoms with Crippen molar-refractivity contribution in [1.29, 1.82) is 0 Å². The molecule has 16 rings (SSSR count). The number of nitrogens with two attached hydrogens (primary N) is 4. The number of hydrogen-bond donors (Lipinski definition) is 8. The molecule has 0 amide bonds. The van der Waals surface area contributed by atoms with Crippen LogP contribution in [-0.4, -0.2) is 236 Å². The Hall–Kier alpha value is -10.6. The van der Waals surface area contributed by atoms with Crippen LogP contribution in [0.1, 0.15) is 121 Å². The zero-order chi connectivity index (χ0) is 92.4. The largest absolute Gasteiger partial charge is 0.491 e. The number of halogens is 4. The third-order valence-corrected chi connectivity index (χ3v) is 25.0. The Balaban J connectivity index is 0.000000148. The molecular weight excluding hydrogens is 1650 g/mol. The van der Waals surface area contributed by atoms with Gasteiger partial charge < -0.3 is 96.1 Å². The van der Waals surface area contributed by atoms with Crippen molar-refractivity contribution in [3.63, 3.8) is 0 Å². The van der Waals surface area contributed by atoms with E-state index in [-0.39, 0.29) is 23.3 Å². The van der Waals surface area contributed by atoms with Crippen molar-refractivity contribution in [3.05, 3.63) is 209 Å². The van der Waals surface area contributed by atoms with Gasteiger partial charge in [0.05, 0.1) is 54.9 Å². The maximum Gasteiger partial charge on any atom is 0.207 e. The van der Waals surface area contributed by atoms with E-state index in [2.05, 4.69) is 141 Å². The lowest BCUT2D eigenvalue weighted by molar-refractivity contribution is 0.134. The fraction of sp³-hybridized carbons (Fsp3) is 0.485. The quantitative estimate of drug-likeness (QED) is 0.0182. The van der Waals surface area contributed by atoms with Gasteiger partial charge in [-0.2, -0.15) is 0 Å². The molecule has 25 nitrogen and oxygen atoms in total. The van der Waals surface area contributed by atoms with Gasteiger partial charge in [-0.15, -0.1) is 0 Å². The number of likely N-dealkylation sites (N-methyl/N-ethyl adjacent to an activating group) is 2. The van der Waals surface area contributed by atoms with Gasteiger partial charge in [0.15, 0.2) is 0 Å². The van der Waals surface area contributed by atoms with Crippen molar-refractivity contribution in [2.75, 3.05) is 199 Å². The van der Waals surface area contributed by atoms with Crippen LogP contribution in [0.3, 0.4) is 0 Å².